The molecular formula is C8H11BrNS+. The zero-order valence-corrected chi connectivity index (χ0v) is 8.62. The maximum Gasteiger partial charge on any atom is 0.121 e. The molecule has 1 saturated heterocycles. The van der Waals surface area contributed by atoms with Crippen LogP contribution >= 0.6 is 27.3 Å². The molecule has 2 N–H and O–H groups in total. The van der Waals surface area contributed by atoms with Crippen molar-refractivity contribution in [2.75, 3.05) is 6.54 Å². The summed E-state index contributed by atoms with van der Waals surface area (Å²) in [4.78, 5) is 1.52. The highest BCUT2D eigenvalue weighted by atomic mass is 79.9. The molecule has 1 nitrogen and oxygen atoms in total. The van der Waals surface area contributed by atoms with Gasteiger partial charge in [-0.05, 0) is 28.1 Å². The van der Waals surface area contributed by atoms with Crippen molar-refractivity contribution in [1.82, 2.24) is 0 Å². The van der Waals surface area contributed by atoms with Crippen molar-refractivity contribution in [3.8, 4) is 0 Å². The molecule has 0 aromatic carbocycles. The summed E-state index contributed by atoms with van der Waals surface area (Å²) in [5, 5.41) is 2.44. The van der Waals surface area contributed by atoms with Gasteiger partial charge in [0.2, 0.25) is 0 Å². The molecule has 1 fully saturated rings. The molecule has 0 radical (unpaired) electrons. The Bertz CT molecular complexity index is 240. The molecule has 0 unspecified atom stereocenters. The van der Waals surface area contributed by atoms with Crippen molar-refractivity contribution in [1.29, 1.82) is 0 Å². The molecule has 0 aliphatic carbocycles. The highest BCUT2D eigenvalue weighted by Gasteiger charge is 2.21. The number of hydrogen-bond acceptors (Lipinski definition) is 1. The Morgan fingerprint density at radius 1 is 1.55 bits per heavy atom. The molecule has 1 aromatic heterocycles. The van der Waals surface area contributed by atoms with Gasteiger partial charge in [0.05, 0.1) is 15.2 Å². The Morgan fingerprint density at radius 2 is 2.45 bits per heavy atom. The molecular weight excluding hydrogens is 222 g/mol. The first-order chi connectivity index (χ1) is 5.36. The number of quaternary nitrogens is 1. The molecule has 1 aromatic rings. The number of rotatable bonds is 1. The van der Waals surface area contributed by atoms with Gasteiger partial charge in [0, 0.05) is 12.8 Å². The second-order valence-electron chi connectivity index (χ2n) is 2.91. The summed E-state index contributed by atoms with van der Waals surface area (Å²) in [7, 11) is 0. The first-order valence-corrected chi connectivity index (χ1v) is 5.56. The standard InChI is InChI=1S/C8H10BrNS/c9-8-4-3-7(11-8)6-2-1-5-10-6/h3-4,6,10H,1-2,5H2/p+1/t6-/m1/s1. The second kappa shape index (κ2) is 3.25. The quantitative estimate of drug-likeness (QED) is 0.763. The minimum absolute atomic E-state index is 0.756. The predicted molar refractivity (Wildman–Crippen MR) is 50.8 cm³/mol. The molecule has 1 aliphatic heterocycles. The van der Waals surface area contributed by atoms with Gasteiger partial charge in [0.25, 0.3) is 0 Å². The van der Waals surface area contributed by atoms with E-state index < -0.39 is 0 Å². The molecule has 0 bridgehead atoms. The normalized spacial score (nSPS) is 24.3. The fraction of sp³-hybridized carbons (Fsp3) is 0.500. The molecule has 0 amide bonds. The van der Waals surface area contributed by atoms with Crippen molar-refractivity contribution in [2.45, 2.75) is 18.9 Å². The first-order valence-electron chi connectivity index (χ1n) is 3.95. The van der Waals surface area contributed by atoms with E-state index in [1.54, 1.807) is 0 Å². The molecule has 3 heteroatoms. The van der Waals surface area contributed by atoms with Crippen LogP contribution in [-0.4, -0.2) is 6.54 Å². The van der Waals surface area contributed by atoms with Gasteiger partial charge in [-0.1, -0.05) is 0 Å². The lowest BCUT2D eigenvalue weighted by Gasteiger charge is -2.01. The third kappa shape index (κ3) is 1.66. The fourth-order valence-corrected chi connectivity index (χ4v) is 3.12. The molecule has 1 aliphatic rings. The highest BCUT2D eigenvalue weighted by molar-refractivity contribution is 9.11. The Morgan fingerprint density at radius 3 is 3.00 bits per heavy atom. The number of thiophene rings is 1. The van der Waals surface area contributed by atoms with Crippen LogP contribution in [-0.2, 0) is 0 Å². The van der Waals surface area contributed by atoms with Crippen molar-refractivity contribution in [2.24, 2.45) is 0 Å². The van der Waals surface area contributed by atoms with Gasteiger partial charge in [0.15, 0.2) is 0 Å². The van der Waals surface area contributed by atoms with Gasteiger partial charge in [-0.3, -0.25) is 0 Å². The van der Waals surface area contributed by atoms with Crippen molar-refractivity contribution < 1.29 is 5.32 Å². The van der Waals surface area contributed by atoms with Gasteiger partial charge >= 0.3 is 0 Å². The zero-order valence-electron chi connectivity index (χ0n) is 6.22. The van der Waals surface area contributed by atoms with Crippen LogP contribution in [0.25, 0.3) is 0 Å². The van der Waals surface area contributed by atoms with Crippen LogP contribution in [0.4, 0.5) is 0 Å². The van der Waals surface area contributed by atoms with Crippen LogP contribution < -0.4 is 5.32 Å². The summed E-state index contributed by atoms with van der Waals surface area (Å²) in [6, 6.07) is 5.14. The topological polar surface area (TPSA) is 16.6 Å². The largest absolute Gasteiger partial charge is 0.339 e. The van der Waals surface area contributed by atoms with Crippen LogP contribution in [0.2, 0.25) is 0 Å². The van der Waals surface area contributed by atoms with E-state index in [2.05, 4.69) is 33.4 Å². The summed E-state index contributed by atoms with van der Waals surface area (Å²) in [5.74, 6) is 0. The molecule has 2 heterocycles. The number of halogens is 1. The lowest BCUT2D eigenvalue weighted by Crippen LogP contribution is -2.81. The van der Waals surface area contributed by atoms with E-state index >= 15 is 0 Å². The Labute approximate surface area is 78.9 Å². The van der Waals surface area contributed by atoms with E-state index in [-0.39, 0.29) is 0 Å². The summed E-state index contributed by atoms with van der Waals surface area (Å²) < 4.78 is 1.26. The predicted octanol–water partition coefficient (Wildman–Crippen LogP) is 1.91. The Balaban J connectivity index is 2.15. The first kappa shape index (κ1) is 7.77. The molecule has 1 atom stereocenters. The fourth-order valence-electron chi connectivity index (χ4n) is 1.56. The third-order valence-electron chi connectivity index (χ3n) is 2.13. The molecule has 2 rings (SSSR count). The minimum Gasteiger partial charge on any atom is -0.339 e. The number of nitrogens with two attached hydrogens (primary N) is 1. The van der Waals surface area contributed by atoms with E-state index in [0.29, 0.717) is 0 Å². The van der Waals surface area contributed by atoms with Gasteiger partial charge in [-0.15, -0.1) is 11.3 Å². The third-order valence-corrected chi connectivity index (χ3v) is 3.89. The molecule has 0 saturated carbocycles. The maximum atomic E-state index is 3.48. The van der Waals surface area contributed by atoms with Gasteiger partial charge in [-0.2, -0.15) is 0 Å². The molecule has 0 spiro atoms. The van der Waals surface area contributed by atoms with Crippen molar-refractivity contribution in [3.63, 3.8) is 0 Å². The maximum absolute atomic E-state index is 3.48. The van der Waals surface area contributed by atoms with Crippen LogP contribution in [0.5, 0.6) is 0 Å². The lowest BCUT2D eigenvalue weighted by atomic mass is 10.2. The molecule has 11 heavy (non-hydrogen) atoms. The monoisotopic (exact) mass is 232 g/mol. The van der Waals surface area contributed by atoms with Crippen LogP contribution in [0.3, 0.4) is 0 Å². The van der Waals surface area contributed by atoms with Gasteiger partial charge < -0.3 is 5.32 Å². The van der Waals surface area contributed by atoms with E-state index in [1.165, 1.54) is 28.0 Å². The van der Waals surface area contributed by atoms with Crippen LogP contribution in [0.15, 0.2) is 15.9 Å². The average Bonchev–Trinajstić information content (AvgIpc) is 2.55. The summed E-state index contributed by atoms with van der Waals surface area (Å²) >= 11 is 5.35. The van der Waals surface area contributed by atoms with E-state index in [1.807, 2.05) is 11.3 Å². The van der Waals surface area contributed by atoms with Gasteiger partial charge in [-0.25, -0.2) is 0 Å². The Hall–Kier alpha value is 0.140. The smallest absolute Gasteiger partial charge is 0.121 e. The summed E-state index contributed by atoms with van der Waals surface area (Å²) in [6.45, 7) is 1.31. The Kier molecular flexibility index (Phi) is 2.30. The minimum atomic E-state index is 0.756. The highest BCUT2D eigenvalue weighted by Crippen LogP contribution is 2.28. The lowest BCUT2D eigenvalue weighted by molar-refractivity contribution is -0.675. The van der Waals surface area contributed by atoms with E-state index in [0.717, 1.165) is 6.04 Å². The SMILES string of the molecule is Brc1ccc([C@H]2CCC[NH2+]2)s1. The summed E-state index contributed by atoms with van der Waals surface area (Å²) in [6.07, 6.45) is 2.73. The van der Waals surface area contributed by atoms with Crippen molar-refractivity contribution >= 4 is 27.3 Å². The average molecular weight is 233 g/mol. The van der Waals surface area contributed by atoms with Gasteiger partial charge in [0.1, 0.15) is 6.04 Å². The summed E-state index contributed by atoms with van der Waals surface area (Å²) in [5.41, 5.74) is 0. The zero-order chi connectivity index (χ0) is 7.68. The van der Waals surface area contributed by atoms with E-state index in [9.17, 15) is 0 Å². The molecule has 60 valence electrons. The van der Waals surface area contributed by atoms with Crippen molar-refractivity contribution in [3.05, 3.63) is 20.8 Å². The van der Waals surface area contributed by atoms with Crippen LogP contribution in [0, 0.1) is 0 Å². The van der Waals surface area contributed by atoms with Crippen LogP contribution in [0.1, 0.15) is 23.8 Å². The van der Waals surface area contributed by atoms with E-state index in [4.69, 9.17) is 0 Å². The second-order valence-corrected chi connectivity index (χ2v) is 5.41. The number of hydrogen-bond donors (Lipinski definition) is 1.